The SMILES string of the molecule is CC(C)(C)OC(=O)N1CC2CC2([B-](F)(F)F)C1. The molecule has 0 aromatic heterocycles. The highest BCUT2D eigenvalue weighted by molar-refractivity contribution is 6.63. The minimum Gasteiger partial charge on any atom is -0.448 e. The Morgan fingerprint density at radius 3 is 2.41 bits per heavy atom. The molecule has 0 aromatic rings. The molecule has 2 rings (SSSR count). The van der Waals surface area contributed by atoms with Gasteiger partial charge < -0.3 is 22.6 Å². The highest BCUT2D eigenvalue weighted by atomic mass is 19.4. The molecule has 7 heteroatoms. The third-order valence-electron chi connectivity index (χ3n) is 3.51. The predicted molar refractivity (Wildman–Crippen MR) is 57.7 cm³/mol. The molecule has 0 radical (unpaired) electrons. The summed E-state index contributed by atoms with van der Waals surface area (Å²) in [6.45, 7) is 0.180. The summed E-state index contributed by atoms with van der Waals surface area (Å²) in [5.74, 6) is -0.407. The van der Waals surface area contributed by atoms with E-state index in [9.17, 15) is 17.7 Å². The summed E-state index contributed by atoms with van der Waals surface area (Å²) in [5, 5.41) is -1.59. The molecule has 1 saturated carbocycles. The molecular weight excluding hydrogens is 234 g/mol. The zero-order chi connectivity index (χ0) is 13.1. The second kappa shape index (κ2) is 3.33. The number of nitrogens with zero attached hydrogens (tertiary/aromatic N) is 1. The lowest BCUT2D eigenvalue weighted by Gasteiger charge is -2.29. The molecule has 0 spiro atoms. The minimum atomic E-state index is -4.87. The van der Waals surface area contributed by atoms with Crippen molar-refractivity contribution in [3.8, 4) is 0 Å². The van der Waals surface area contributed by atoms with Crippen molar-refractivity contribution in [3.63, 3.8) is 0 Å². The van der Waals surface area contributed by atoms with Gasteiger partial charge in [-0.15, -0.1) is 0 Å². The van der Waals surface area contributed by atoms with Crippen LogP contribution in [-0.4, -0.2) is 36.7 Å². The Bertz CT molecular complexity index is 352. The molecule has 1 saturated heterocycles. The maximum Gasteiger partial charge on any atom is 0.486 e. The van der Waals surface area contributed by atoms with Crippen molar-refractivity contribution >= 4 is 13.1 Å². The number of hydrogen-bond acceptors (Lipinski definition) is 2. The van der Waals surface area contributed by atoms with Crippen molar-refractivity contribution < 1.29 is 22.5 Å². The van der Waals surface area contributed by atoms with Crippen molar-refractivity contribution in [2.75, 3.05) is 13.1 Å². The van der Waals surface area contributed by atoms with Crippen LogP contribution in [0.5, 0.6) is 0 Å². The number of carbonyl (C=O) groups is 1. The topological polar surface area (TPSA) is 29.5 Å². The summed E-state index contributed by atoms with van der Waals surface area (Å²) in [6.07, 6.45) is -0.459. The van der Waals surface area contributed by atoms with E-state index in [1.54, 1.807) is 20.8 Å². The first-order valence-corrected chi connectivity index (χ1v) is 5.72. The van der Waals surface area contributed by atoms with Crippen LogP contribution in [0.4, 0.5) is 17.7 Å². The molecule has 0 N–H and O–H groups in total. The fraction of sp³-hybridized carbons (Fsp3) is 0.900. The van der Waals surface area contributed by atoms with E-state index in [0.29, 0.717) is 0 Å². The second-order valence-corrected chi connectivity index (χ2v) is 6.07. The number of ether oxygens (including phenoxy) is 1. The average molecular weight is 250 g/mol. The molecule has 0 aromatic carbocycles. The van der Waals surface area contributed by atoms with Gasteiger partial charge >= 0.3 is 13.1 Å². The van der Waals surface area contributed by atoms with Crippen LogP contribution in [0.25, 0.3) is 0 Å². The third kappa shape index (κ3) is 2.11. The fourth-order valence-electron chi connectivity index (χ4n) is 2.50. The van der Waals surface area contributed by atoms with Gasteiger partial charge in [-0.3, -0.25) is 0 Å². The van der Waals surface area contributed by atoms with Crippen LogP contribution >= 0.6 is 0 Å². The molecular formula is C10H16BF3NO2-. The van der Waals surface area contributed by atoms with E-state index in [1.807, 2.05) is 0 Å². The van der Waals surface area contributed by atoms with Crippen LogP contribution in [0.1, 0.15) is 27.2 Å². The lowest BCUT2D eigenvalue weighted by atomic mass is 9.68. The smallest absolute Gasteiger partial charge is 0.448 e. The number of piperidine rings is 1. The van der Waals surface area contributed by atoms with E-state index in [4.69, 9.17) is 4.74 Å². The lowest BCUT2D eigenvalue weighted by Crippen LogP contribution is -2.39. The number of amides is 1. The van der Waals surface area contributed by atoms with Gasteiger partial charge in [-0.05, 0) is 32.0 Å². The zero-order valence-electron chi connectivity index (χ0n) is 10.2. The van der Waals surface area contributed by atoms with Crippen molar-refractivity contribution in [3.05, 3.63) is 0 Å². The largest absolute Gasteiger partial charge is 0.486 e. The van der Waals surface area contributed by atoms with Gasteiger partial charge in [0.1, 0.15) is 5.60 Å². The maximum absolute atomic E-state index is 12.8. The molecule has 1 aliphatic carbocycles. The first-order chi connectivity index (χ1) is 7.55. The van der Waals surface area contributed by atoms with Crippen molar-refractivity contribution in [2.24, 2.45) is 5.92 Å². The first-order valence-electron chi connectivity index (χ1n) is 5.72. The zero-order valence-corrected chi connectivity index (χ0v) is 10.2. The first kappa shape index (κ1) is 12.6. The van der Waals surface area contributed by atoms with Crippen molar-refractivity contribution in [1.82, 2.24) is 4.90 Å². The predicted octanol–water partition coefficient (Wildman–Crippen LogP) is 2.84. The van der Waals surface area contributed by atoms with Crippen LogP contribution in [-0.2, 0) is 4.74 Å². The van der Waals surface area contributed by atoms with Gasteiger partial charge in [0.05, 0.1) is 0 Å². The summed E-state index contributed by atoms with van der Waals surface area (Å²) in [4.78, 5) is 12.8. The molecule has 17 heavy (non-hydrogen) atoms. The summed E-state index contributed by atoms with van der Waals surface area (Å²) < 4.78 is 43.6. The summed E-state index contributed by atoms with van der Waals surface area (Å²) >= 11 is 0. The standard InChI is InChI=1S/C10H16BF3NO2/c1-9(2,3)17-8(16)15-5-7-4-10(7,6-15)11(12,13)14/h7H,4-6H2,1-3H3/q-1. The van der Waals surface area contributed by atoms with Crippen LogP contribution in [0.2, 0.25) is 5.31 Å². The Morgan fingerprint density at radius 2 is 2.00 bits per heavy atom. The Labute approximate surface area is 98.3 Å². The van der Waals surface area contributed by atoms with Crippen molar-refractivity contribution in [1.29, 1.82) is 0 Å². The highest BCUT2D eigenvalue weighted by Crippen LogP contribution is 2.70. The van der Waals surface area contributed by atoms with E-state index in [1.165, 1.54) is 4.90 Å². The molecule has 1 aliphatic heterocycles. The molecule has 2 atom stereocenters. The van der Waals surface area contributed by atoms with Crippen LogP contribution in [0.15, 0.2) is 0 Å². The van der Waals surface area contributed by atoms with Gasteiger partial charge in [-0.2, -0.15) is 0 Å². The van der Waals surface area contributed by atoms with Gasteiger partial charge in [0.25, 0.3) is 0 Å². The van der Waals surface area contributed by atoms with E-state index in [0.717, 1.165) is 0 Å². The number of fused-ring (bicyclic) bond motifs is 1. The third-order valence-corrected chi connectivity index (χ3v) is 3.51. The molecule has 1 amide bonds. The number of carbonyl (C=O) groups excluding carboxylic acids is 1. The minimum absolute atomic E-state index is 0.176. The normalized spacial score (nSPS) is 32.4. The van der Waals surface area contributed by atoms with Gasteiger partial charge in [0, 0.05) is 13.1 Å². The van der Waals surface area contributed by atoms with Gasteiger partial charge in [-0.1, -0.05) is 6.42 Å². The highest BCUT2D eigenvalue weighted by Gasteiger charge is 2.69. The van der Waals surface area contributed by atoms with Gasteiger partial charge in [-0.25, -0.2) is 4.79 Å². The number of rotatable bonds is 1. The summed E-state index contributed by atoms with van der Waals surface area (Å²) in [6, 6.07) is 0. The molecule has 2 aliphatic rings. The molecule has 1 heterocycles. The van der Waals surface area contributed by atoms with E-state index in [2.05, 4.69) is 0 Å². The second-order valence-electron chi connectivity index (χ2n) is 6.07. The summed E-state index contributed by atoms with van der Waals surface area (Å²) in [5.41, 5.74) is -0.666. The van der Waals surface area contributed by atoms with E-state index in [-0.39, 0.29) is 19.5 Å². The molecule has 2 unspecified atom stereocenters. The molecule has 0 bridgehead atoms. The number of hydrogen-bond donors (Lipinski definition) is 0. The lowest BCUT2D eigenvalue weighted by molar-refractivity contribution is 0.0273. The fourth-order valence-corrected chi connectivity index (χ4v) is 2.50. The van der Waals surface area contributed by atoms with E-state index < -0.39 is 29.9 Å². The van der Waals surface area contributed by atoms with Crippen LogP contribution in [0.3, 0.4) is 0 Å². The molecule has 3 nitrogen and oxygen atoms in total. The Kier molecular flexibility index (Phi) is 2.46. The number of likely N-dealkylation sites (tertiary alicyclic amines) is 1. The molecule has 2 fully saturated rings. The van der Waals surface area contributed by atoms with Gasteiger partial charge in [0.2, 0.25) is 0 Å². The summed E-state index contributed by atoms with van der Waals surface area (Å²) in [7, 11) is 0. The Balaban J connectivity index is 1.99. The Morgan fingerprint density at radius 1 is 1.41 bits per heavy atom. The Hall–Kier alpha value is -0.875. The maximum atomic E-state index is 12.8. The number of halogens is 3. The van der Waals surface area contributed by atoms with Crippen LogP contribution < -0.4 is 0 Å². The quantitative estimate of drug-likeness (QED) is 0.669. The van der Waals surface area contributed by atoms with Crippen LogP contribution in [0, 0.1) is 5.92 Å². The average Bonchev–Trinajstić information content (AvgIpc) is 2.66. The monoisotopic (exact) mass is 250 g/mol. The van der Waals surface area contributed by atoms with E-state index >= 15 is 0 Å². The molecule has 98 valence electrons. The van der Waals surface area contributed by atoms with Gasteiger partial charge in [0.15, 0.2) is 0 Å². The van der Waals surface area contributed by atoms with Crippen molar-refractivity contribution in [2.45, 2.75) is 38.1 Å².